The molecule has 15 nitrogen and oxygen atoms in total. The summed E-state index contributed by atoms with van der Waals surface area (Å²) in [6.45, 7) is 29.0. The quantitative estimate of drug-likeness (QED) is 0.116. The van der Waals surface area contributed by atoms with Gasteiger partial charge in [-0.15, -0.1) is 4.52 Å². The van der Waals surface area contributed by atoms with Gasteiger partial charge < -0.3 is 76.5 Å². The molecule has 2 aliphatic heterocycles. The molecule has 6 aromatic carbocycles. The topological polar surface area (TPSA) is 192 Å². The largest absolute Gasteiger partial charge is 1.00 e. The van der Waals surface area contributed by atoms with Crippen LogP contribution in [0.2, 0.25) is 0 Å². The van der Waals surface area contributed by atoms with Crippen LogP contribution in [0.15, 0.2) is 187 Å². The SMILES string of the molecule is C1COCCOCCNCCOCCOCCN1.C1COCCOCCOCCOCCOCCO1.CCCC.CCCC.CCCC.F.FF.FF.O.O.[F-].[H-].[H-].[K+].[K+].c1ccc(P(=N[P+](c2ccccc2)(c2ccccc2)c2ccccc2)(c2ccccc2)c2ccccc2)cc1. The van der Waals surface area contributed by atoms with Gasteiger partial charge in [-0.1, -0.05) is 226 Å². The number of halogens is 6. The summed E-state index contributed by atoms with van der Waals surface area (Å²) < 4.78 is 92.0. The Kier molecular flexibility index (Phi) is 87.6. The van der Waals surface area contributed by atoms with Gasteiger partial charge in [-0.25, -0.2) is 0 Å². The number of nitrogens with zero attached hydrogens (tertiary/aromatic N) is 1. The number of nitrogens with one attached hydrogen (secondary N) is 2. The summed E-state index contributed by atoms with van der Waals surface area (Å²) in [7, 11) is -4.99. The second kappa shape index (κ2) is 80.0. The molecule has 2 fully saturated rings. The number of rotatable bonds is 10. The van der Waals surface area contributed by atoms with Crippen LogP contribution in [0.5, 0.6) is 0 Å². The molecular formula is C72H117F6K2N3O12P2. The molecule has 2 saturated heterocycles. The van der Waals surface area contributed by atoms with Gasteiger partial charge in [0.1, 0.15) is 23.0 Å². The van der Waals surface area contributed by atoms with Crippen molar-refractivity contribution >= 4 is 46.3 Å². The summed E-state index contributed by atoms with van der Waals surface area (Å²) in [5.41, 5.74) is 0. The van der Waals surface area contributed by atoms with E-state index in [4.69, 9.17) is 70.2 Å². The Balaban J connectivity index is -0.000000196. The second-order valence-corrected chi connectivity index (χ2v) is 26.4. The van der Waals surface area contributed by atoms with E-state index in [1.165, 1.54) is 70.4 Å². The summed E-state index contributed by atoms with van der Waals surface area (Å²) in [6, 6.07) is 65.7. The Hall–Kier alpha value is -1.73. The van der Waals surface area contributed by atoms with Gasteiger partial charge in [0.25, 0.3) is 0 Å². The van der Waals surface area contributed by atoms with E-state index < -0.39 is 14.5 Å². The van der Waals surface area contributed by atoms with Crippen LogP contribution in [0.3, 0.4) is 0 Å². The van der Waals surface area contributed by atoms with Gasteiger partial charge in [-0.2, -0.15) is 0 Å². The summed E-state index contributed by atoms with van der Waals surface area (Å²) in [6.07, 6.45) is 7.92. The molecule has 6 aromatic rings. The first kappa shape index (κ1) is 106. The van der Waals surface area contributed by atoms with Crippen LogP contribution >= 0.6 is 14.5 Å². The van der Waals surface area contributed by atoms with Crippen molar-refractivity contribution in [1.82, 2.24) is 10.6 Å². The molecule has 546 valence electrons. The summed E-state index contributed by atoms with van der Waals surface area (Å²) in [5.74, 6) is 0. The van der Waals surface area contributed by atoms with E-state index in [-0.39, 0.29) is 126 Å². The van der Waals surface area contributed by atoms with E-state index in [0.717, 1.165) is 26.2 Å². The minimum atomic E-state index is -2.50. The van der Waals surface area contributed by atoms with Crippen LogP contribution in [-0.2, 0) is 47.4 Å². The Morgan fingerprint density at radius 1 is 0.309 bits per heavy atom. The van der Waals surface area contributed by atoms with E-state index in [0.29, 0.717) is 132 Å². The smallest absolute Gasteiger partial charge is 1.00 e. The molecule has 0 radical (unpaired) electrons. The van der Waals surface area contributed by atoms with Crippen molar-refractivity contribution in [3.63, 3.8) is 0 Å². The van der Waals surface area contributed by atoms with Crippen LogP contribution in [0.25, 0.3) is 0 Å². The number of ether oxygens (including phenoxy) is 10. The molecule has 0 spiro atoms. The summed E-state index contributed by atoms with van der Waals surface area (Å²) >= 11 is 0. The third-order valence-electron chi connectivity index (χ3n) is 13.2. The summed E-state index contributed by atoms with van der Waals surface area (Å²) in [5, 5.41) is 14.0. The Morgan fingerprint density at radius 2 is 0.464 bits per heavy atom. The zero-order chi connectivity index (χ0) is 66.1. The minimum Gasteiger partial charge on any atom is -1.00 e. The van der Waals surface area contributed by atoms with E-state index in [2.05, 4.69) is 234 Å². The molecule has 2 aliphatic rings. The third-order valence-corrected chi connectivity index (χ3v) is 21.6. The van der Waals surface area contributed by atoms with Crippen molar-refractivity contribution in [1.29, 1.82) is 0 Å². The Bertz CT molecular complexity index is 2120. The molecule has 0 amide bonds. The van der Waals surface area contributed by atoms with Crippen molar-refractivity contribution in [2.45, 2.75) is 80.1 Å². The average molecular weight is 1470 g/mol. The molecule has 8 rings (SSSR count). The van der Waals surface area contributed by atoms with Crippen LogP contribution < -0.4 is 150 Å². The molecule has 2 heterocycles. The van der Waals surface area contributed by atoms with Crippen molar-refractivity contribution < 1.29 is 192 Å². The minimum absolute atomic E-state index is 0. The Morgan fingerprint density at radius 3 is 0.629 bits per heavy atom. The predicted octanol–water partition coefficient (Wildman–Crippen LogP) is 3.26. The molecule has 0 aromatic heterocycles. The fourth-order valence-corrected chi connectivity index (χ4v) is 17.6. The van der Waals surface area contributed by atoms with Gasteiger partial charge in [0.15, 0.2) is 0 Å². The second-order valence-electron chi connectivity index (χ2n) is 20.0. The van der Waals surface area contributed by atoms with Gasteiger partial charge >= 0.3 is 103 Å². The van der Waals surface area contributed by atoms with Crippen LogP contribution in [0.4, 0.5) is 23.0 Å². The first-order valence-electron chi connectivity index (χ1n) is 32.4. The van der Waals surface area contributed by atoms with Gasteiger partial charge in [0, 0.05) is 60.4 Å². The fourth-order valence-electron chi connectivity index (χ4n) is 8.06. The van der Waals surface area contributed by atoms with E-state index >= 15 is 0 Å². The number of benzene rings is 6. The van der Waals surface area contributed by atoms with Gasteiger partial charge in [0.05, 0.1) is 132 Å². The monoisotopic (exact) mass is 1470 g/mol. The maximum atomic E-state index is 8.00. The molecule has 0 aliphatic carbocycles. The van der Waals surface area contributed by atoms with E-state index in [9.17, 15) is 0 Å². The van der Waals surface area contributed by atoms with Gasteiger partial charge in [0.2, 0.25) is 7.41 Å². The van der Waals surface area contributed by atoms with E-state index in [1.54, 1.807) is 0 Å². The molecule has 0 saturated carbocycles. The molecule has 6 N–H and O–H groups in total. The normalized spacial score (nSPS) is 14.6. The van der Waals surface area contributed by atoms with Crippen molar-refractivity contribution in [2.75, 3.05) is 158 Å². The summed E-state index contributed by atoms with van der Waals surface area (Å²) in [4.78, 5) is 0. The maximum Gasteiger partial charge on any atom is 1.00 e. The number of unbranched alkanes of at least 4 members (excludes halogenated alkanes) is 3. The standard InChI is InChI=1S/C36H30NP2.C12H26N2O4.C12H24O6.3C4H10.2F2.2FH.2K.2H2O.2H/c1-7-19-31(20-8-1)38(32-21-9-2-10-22-32,33-23-11-3-12-24-33)37-39(34-25-13-4-14-26-34,35-27-15-5-16-28-35)36-29-17-6-18-30-36;1-5-15-9-10-17-7-3-14-4-8-18-12-11-16-6-2-13-1;1-2-14-5-6-16-9-10-18-12-11-17-8-7-15-4-3-13-1;3*1-3-4-2;2*1-2;;;;;;;;/h1-30H;13-14H,1-12H2;1-12H2;3*3-4H2,1-2H3;;;2*1H;;;2*1H2;;/q+1;;;;;;;;;;2*+1;;;2*-1/p-1. The molecule has 0 bridgehead atoms. The zero-order valence-electron chi connectivity index (χ0n) is 61.3. The predicted molar refractivity (Wildman–Crippen MR) is 385 cm³/mol. The first-order chi connectivity index (χ1) is 45.1. The zero-order valence-corrected chi connectivity index (χ0v) is 67.3. The Labute approximate surface area is 666 Å². The molecule has 25 heteroatoms. The molecule has 97 heavy (non-hydrogen) atoms. The van der Waals surface area contributed by atoms with Crippen LogP contribution in [0, 0.1) is 0 Å². The van der Waals surface area contributed by atoms with Crippen LogP contribution in [0.1, 0.15) is 82.9 Å². The van der Waals surface area contributed by atoms with E-state index in [1.807, 2.05) is 0 Å². The average Bonchev–Trinajstić information content (AvgIpc) is 0.723. The van der Waals surface area contributed by atoms with Crippen molar-refractivity contribution in [2.24, 2.45) is 4.52 Å². The number of hydrogen-bond acceptors (Lipinski definition) is 13. The molecule has 0 unspecified atom stereocenters. The molecule has 0 atom stereocenters. The first-order valence-corrected chi connectivity index (χ1v) is 35.9. The van der Waals surface area contributed by atoms with Crippen molar-refractivity contribution in [3.05, 3.63) is 182 Å². The number of hydrogen-bond donors (Lipinski definition) is 2. The van der Waals surface area contributed by atoms with Gasteiger partial charge in [-0.3, -0.25) is 4.70 Å². The third kappa shape index (κ3) is 49.6. The molecular weight excluding hydrogens is 1350 g/mol. The van der Waals surface area contributed by atoms with Crippen molar-refractivity contribution in [3.8, 4) is 0 Å². The van der Waals surface area contributed by atoms with Crippen LogP contribution in [-0.4, -0.2) is 169 Å². The van der Waals surface area contributed by atoms with Gasteiger partial charge in [-0.05, 0) is 36.4 Å². The fraction of sp³-hybridized carbons (Fsp3) is 0.500. The maximum absolute atomic E-state index is 8.00.